The Morgan fingerprint density at radius 2 is 2.05 bits per heavy atom. The van der Waals surface area contributed by atoms with E-state index in [-0.39, 0.29) is 23.4 Å². The Morgan fingerprint density at radius 3 is 2.62 bits per heavy atom. The summed E-state index contributed by atoms with van der Waals surface area (Å²) in [5.41, 5.74) is -0.898. The minimum Gasteiger partial charge on any atom is -0.419 e. The van der Waals surface area contributed by atoms with E-state index in [0.717, 1.165) is 0 Å². The first-order chi connectivity index (χ1) is 9.97. The predicted molar refractivity (Wildman–Crippen MR) is 68.4 cm³/mol. The van der Waals surface area contributed by atoms with E-state index < -0.39 is 22.2 Å². The molecule has 2 rings (SSSR count). The molecule has 0 spiro atoms. The van der Waals surface area contributed by atoms with Crippen molar-refractivity contribution >= 4 is 5.69 Å². The van der Waals surface area contributed by atoms with E-state index in [1.807, 2.05) is 6.92 Å². The first-order valence-electron chi connectivity index (χ1n) is 6.12. The minimum atomic E-state index is -1.31. The van der Waals surface area contributed by atoms with Gasteiger partial charge in [0, 0.05) is 0 Å². The van der Waals surface area contributed by atoms with E-state index in [2.05, 4.69) is 15.5 Å². The first kappa shape index (κ1) is 15.0. The number of nitro groups is 1. The average molecular weight is 298 g/mol. The van der Waals surface area contributed by atoms with E-state index >= 15 is 0 Å². The number of hydrogen-bond acceptors (Lipinski definition) is 6. The molecular weight excluding hydrogens is 286 g/mol. The quantitative estimate of drug-likeness (QED) is 0.673. The monoisotopic (exact) mass is 298 g/mol. The number of rotatable bonds is 5. The molecule has 0 aliphatic heterocycles. The normalized spacial score (nSPS) is 12.4. The number of benzene rings is 1. The van der Waals surface area contributed by atoms with Crippen molar-refractivity contribution < 1.29 is 18.1 Å². The lowest BCUT2D eigenvalue weighted by Gasteiger charge is -2.07. The molecule has 0 aliphatic rings. The molecule has 0 radical (unpaired) electrons. The second kappa shape index (κ2) is 5.92. The zero-order valence-electron chi connectivity index (χ0n) is 11.3. The Morgan fingerprint density at radius 1 is 1.38 bits per heavy atom. The highest BCUT2D eigenvalue weighted by molar-refractivity contribution is 5.66. The molecule has 0 saturated heterocycles. The van der Waals surface area contributed by atoms with Crippen LogP contribution in [0.2, 0.25) is 0 Å². The van der Waals surface area contributed by atoms with Gasteiger partial charge in [-0.3, -0.25) is 10.1 Å². The summed E-state index contributed by atoms with van der Waals surface area (Å²) in [4.78, 5) is 10.1. The van der Waals surface area contributed by atoms with Crippen molar-refractivity contribution in [3.8, 4) is 11.5 Å². The zero-order chi connectivity index (χ0) is 15.6. The lowest BCUT2D eigenvalue weighted by Crippen LogP contribution is -2.15. The van der Waals surface area contributed by atoms with Crippen LogP contribution < -0.4 is 5.32 Å². The van der Waals surface area contributed by atoms with Crippen molar-refractivity contribution in [2.75, 3.05) is 7.05 Å². The van der Waals surface area contributed by atoms with Gasteiger partial charge in [0.05, 0.1) is 17.0 Å². The third kappa shape index (κ3) is 2.87. The molecule has 0 bridgehead atoms. The molecule has 1 unspecified atom stereocenters. The summed E-state index contributed by atoms with van der Waals surface area (Å²) in [5.74, 6) is -2.55. The van der Waals surface area contributed by atoms with Gasteiger partial charge in [0.1, 0.15) is 5.56 Å². The molecule has 1 aromatic carbocycles. The highest BCUT2D eigenvalue weighted by Gasteiger charge is 2.25. The third-order valence-corrected chi connectivity index (χ3v) is 2.96. The van der Waals surface area contributed by atoms with Crippen LogP contribution in [0.5, 0.6) is 0 Å². The molecule has 1 atom stereocenters. The second-order valence-corrected chi connectivity index (χ2v) is 4.24. The summed E-state index contributed by atoms with van der Waals surface area (Å²) in [7, 11) is 1.69. The van der Waals surface area contributed by atoms with Crippen molar-refractivity contribution in [2.24, 2.45) is 0 Å². The number of nitrogens with zero attached hydrogens (tertiary/aromatic N) is 3. The van der Waals surface area contributed by atoms with Gasteiger partial charge in [0.25, 0.3) is 11.6 Å². The zero-order valence-corrected chi connectivity index (χ0v) is 11.3. The maximum Gasteiger partial charge on any atom is 0.285 e. The van der Waals surface area contributed by atoms with Gasteiger partial charge in [0.2, 0.25) is 5.89 Å². The van der Waals surface area contributed by atoms with Crippen molar-refractivity contribution in [2.45, 2.75) is 19.4 Å². The van der Waals surface area contributed by atoms with Crippen LogP contribution in [-0.2, 0) is 0 Å². The number of aromatic nitrogens is 2. The Bertz CT molecular complexity index is 671. The number of nitrogens with one attached hydrogen (secondary N) is 1. The Balaban J connectivity index is 2.51. The van der Waals surface area contributed by atoms with Gasteiger partial charge in [0.15, 0.2) is 11.6 Å². The Hall–Kier alpha value is -2.42. The van der Waals surface area contributed by atoms with Crippen molar-refractivity contribution in [3.05, 3.63) is 39.8 Å². The van der Waals surface area contributed by atoms with Crippen LogP contribution in [0, 0.1) is 21.7 Å². The molecule has 1 aromatic heterocycles. The summed E-state index contributed by atoms with van der Waals surface area (Å²) in [5, 5.41) is 21.3. The Kier molecular flexibility index (Phi) is 4.22. The molecule has 1 N–H and O–H groups in total. The minimum absolute atomic E-state index is 0.217. The highest BCUT2D eigenvalue weighted by atomic mass is 19.2. The summed E-state index contributed by atoms with van der Waals surface area (Å²) < 4.78 is 31.7. The summed E-state index contributed by atoms with van der Waals surface area (Å²) in [6.07, 6.45) is 0.651. The summed E-state index contributed by atoms with van der Waals surface area (Å²) in [6, 6.07) is 0.935. The molecule has 1 heterocycles. The summed E-state index contributed by atoms with van der Waals surface area (Å²) in [6.45, 7) is 1.88. The van der Waals surface area contributed by atoms with E-state index in [0.29, 0.717) is 18.6 Å². The lowest BCUT2D eigenvalue weighted by molar-refractivity contribution is -0.384. The molecule has 0 saturated carbocycles. The molecule has 0 fully saturated rings. The van der Waals surface area contributed by atoms with Crippen molar-refractivity contribution in [3.63, 3.8) is 0 Å². The second-order valence-electron chi connectivity index (χ2n) is 4.24. The van der Waals surface area contributed by atoms with E-state index in [1.54, 1.807) is 7.05 Å². The molecule has 21 heavy (non-hydrogen) atoms. The maximum atomic E-state index is 13.3. The standard InChI is InChI=1S/C12H12F2N4O3/c1-3-9(15-2)12-17-16-11(21-12)6-4-7(13)8(14)5-10(6)18(19)20/h4-5,9,15H,3H2,1-2H3. The van der Waals surface area contributed by atoms with Crippen LogP contribution in [0.15, 0.2) is 16.5 Å². The highest BCUT2D eigenvalue weighted by Crippen LogP contribution is 2.32. The molecule has 0 aliphatic carbocycles. The van der Waals surface area contributed by atoms with E-state index in [9.17, 15) is 18.9 Å². The summed E-state index contributed by atoms with van der Waals surface area (Å²) >= 11 is 0. The maximum absolute atomic E-state index is 13.3. The smallest absolute Gasteiger partial charge is 0.285 e. The van der Waals surface area contributed by atoms with Crippen LogP contribution in [0.25, 0.3) is 11.5 Å². The molecule has 9 heteroatoms. The van der Waals surface area contributed by atoms with Gasteiger partial charge < -0.3 is 9.73 Å². The van der Waals surface area contributed by atoms with Gasteiger partial charge in [-0.15, -0.1) is 10.2 Å². The van der Waals surface area contributed by atoms with Gasteiger partial charge in [-0.1, -0.05) is 6.92 Å². The molecular formula is C12H12F2N4O3. The van der Waals surface area contributed by atoms with Crippen molar-refractivity contribution in [1.29, 1.82) is 0 Å². The molecule has 0 amide bonds. The van der Waals surface area contributed by atoms with Gasteiger partial charge in [-0.2, -0.15) is 0 Å². The van der Waals surface area contributed by atoms with E-state index in [4.69, 9.17) is 4.42 Å². The van der Waals surface area contributed by atoms with Crippen LogP contribution in [0.1, 0.15) is 25.3 Å². The average Bonchev–Trinajstić information content (AvgIpc) is 2.92. The van der Waals surface area contributed by atoms with Gasteiger partial charge in [-0.25, -0.2) is 8.78 Å². The van der Waals surface area contributed by atoms with Gasteiger partial charge >= 0.3 is 0 Å². The largest absolute Gasteiger partial charge is 0.419 e. The van der Waals surface area contributed by atoms with Crippen molar-refractivity contribution in [1.82, 2.24) is 15.5 Å². The lowest BCUT2D eigenvalue weighted by atomic mass is 10.1. The molecule has 7 nitrogen and oxygen atoms in total. The predicted octanol–water partition coefficient (Wildman–Crippen LogP) is 2.59. The van der Waals surface area contributed by atoms with Gasteiger partial charge in [-0.05, 0) is 19.5 Å². The van der Waals surface area contributed by atoms with Crippen LogP contribution in [-0.4, -0.2) is 22.2 Å². The number of hydrogen-bond donors (Lipinski definition) is 1. The third-order valence-electron chi connectivity index (χ3n) is 2.96. The topological polar surface area (TPSA) is 94.1 Å². The Labute approximate surface area is 118 Å². The van der Waals surface area contributed by atoms with Crippen LogP contribution in [0.4, 0.5) is 14.5 Å². The van der Waals surface area contributed by atoms with E-state index in [1.165, 1.54) is 0 Å². The van der Waals surface area contributed by atoms with Crippen LogP contribution in [0.3, 0.4) is 0 Å². The fraction of sp³-hybridized carbons (Fsp3) is 0.333. The number of nitro benzene ring substituents is 1. The molecule has 112 valence electrons. The van der Waals surface area contributed by atoms with Crippen LogP contribution >= 0.6 is 0 Å². The fourth-order valence-corrected chi connectivity index (χ4v) is 1.85. The SMILES string of the molecule is CCC(NC)c1nnc(-c2cc(F)c(F)cc2[N+](=O)[O-])o1. The first-order valence-corrected chi connectivity index (χ1v) is 6.12. The molecule has 2 aromatic rings. The fourth-order valence-electron chi connectivity index (χ4n) is 1.85. The number of halogens is 2.